The summed E-state index contributed by atoms with van der Waals surface area (Å²) in [6.45, 7) is 1.93. The van der Waals surface area contributed by atoms with Crippen LogP contribution in [-0.4, -0.2) is 44.0 Å². The maximum atomic E-state index is 5.87. The van der Waals surface area contributed by atoms with Gasteiger partial charge in [-0.2, -0.15) is 4.52 Å². The van der Waals surface area contributed by atoms with Crippen LogP contribution in [0.1, 0.15) is 6.42 Å². The van der Waals surface area contributed by atoms with E-state index in [4.69, 9.17) is 11.6 Å². The Labute approximate surface area is 97.2 Å². The first kappa shape index (κ1) is 9.77. The molecular weight excluding hydrogens is 228 g/mol. The first-order chi connectivity index (χ1) is 7.88. The molecule has 1 atom stereocenters. The highest BCUT2D eigenvalue weighted by atomic mass is 35.5. The zero-order chi connectivity index (χ0) is 11.0. The molecule has 0 aromatic carbocycles. The molecule has 0 spiro atoms. The monoisotopic (exact) mass is 238 g/mol. The van der Waals surface area contributed by atoms with Gasteiger partial charge in [0.2, 0.25) is 0 Å². The predicted octanol–water partition coefficient (Wildman–Crippen LogP) is 0.584. The minimum absolute atomic E-state index is 0.549. The van der Waals surface area contributed by atoms with E-state index < -0.39 is 0 Å². The van der Waals surface area contributed by atoms with E-state index in [0.717, 1.165) is 25.3 Å². The second-order valence-corrected chi connectivity index (χ2v) is 4.28. The topological polar surface area (TPSA) is 59.2 Å². The van der Waals surface area contributed by atoms with Gasteiger partial charge in [-0.1, -0.05) is 0 Å². The maximum Gasteiger partial charge on any atom is 0.199 e. The van der Waals surface area contributed by atoms with Crippen molar-refractivity contribution in [3.63, 3.8) is 0 Å². The molecule has 2 aromatic rings. The fraction of sp³-hybridized carbons (Fsp3) is 0.556. The van der Waals surface area contributed by atoms with Crippen LogP contribution in [0.5, 0.6) is 0 Å². The van der Waals surface area contributed by atoms with Crippen molar-refractivity contribution >= 4 is 23.1 Å². The van der Waals surface area contributed by atoms with E-state index in [1.807, 2.05) is 0 Å². The summed E-state index contributed by atoms with van der Waals surface area (Å²) >= 11 is 5.87. The van der Waals surface area contributed by atoms with Crippen LogP contribution < -0.4 is 4.90 Å². The van der Waals surface area contributed by atoms with Crippen molar-refractivity contribution in [2.24, 2.45) is 5.92 Å². The van der Waals surface area contributed by atoms with Gasteiger partial charge in [-0.3, -0.25) is 4.98 Å². The van der Waals surface area contributed by atoms with E-state index in [9.17, 15) is 0 Å². The first-order valence-corrected chi connectivity index (χ1v) is 5.75. The van der Waals surface area contributed by atoms with E-state index in [1.165, 1.54) is 0 Å². The molecule has 1 aliphatic rings. The van der Waals surface area contributed by atoms with Gasteiger partial charge < -0.3 is 4.90 Å². The molecule has 7 heteroatoms. The number of tetrazole rings is 1. The van der Waals surface area contributed by atoms with Crippen molar-refractivity contribution < 1.29 is 0 Å². The lowest BCUT2D eigenvalue weighted by Crippen LogP contribution is -2.23. The molecule has 0 bridgehead atoms. The van der Waals surface area contributed by atoms with Gasteiger partial charge in [-0.05, 0) is 22.8 Å². The fourth-order valence-corrected chi connectivity index (χ4v) is 2.30. The third-order valence-electron chi connectivity index (χ3n) is 2.92. The zero-order valence-corrected chi connectivity index (χ0v) is 9.38. The Hall–Kier alpha value is -1.43. The van der Waals surface area contributed by atoms with E-state index in [-0.39, 0.29) is 0 Å². The van der Waals surface area contributed by atoms with Crippen LogP contribution in [0.2, 0.25) is 0 Å². The molecule has 16 heavy (non-hydrogen) atoms. The third kappa shape index (κ3) is 1.49. The Balaban J connectivity index is 1.97. The van der Waals surface area contributed by atoms with Gasteiger partial charge in [0.1, 0.15) is 0 Å². The highest BCUT2D eigenvalue weighted by molar-refractivity contribution is 6.18. The molecule has 1 unspecified atom stereocenters. The molecule has 3 heterocycles. The largest absolute Gasteiger partial charge is 0.355 e. The first-order valence-electron chi connectivity index (χ1n) is 5.21. The van der Waals surface area contributed by atoms with E-state index >= 15 is 0 Å². The van der Waals surface area contributed by atoms with Crippen molar-refractivity contribution in [1.29, 1.82) is 0 Å². The Morgan fingerprint density at radius 3 is 3.19 bits per heavy atom. The number of halogens is 1. The Morgan fingerprint density at radius 1 is 1.44 bits per heavy atom. The number of alkyl halides is 1. The second-order valence-electron chi connectivity index (χ2n) is 3.97. The molecule has 0 radical (unpaired) electrons. The van der Waals surface area contributed by atoms with Gasteiger partial charge in [0.25, 0.3) is 0 Å². The van der Waals surface area contributed by atoms with Gasteiger partial charge in [-0.25, -0.2) is 0 Å². The molecule has 0 amide bonds. The standard InChI is InChI=1S/C9H11ClN6/c10-3-7-1-2-15(6-7)9-5-11-4-8-12-13-14-16(8)9/h4-5,7H,1-3,6H2. The van der Waals surface area contributed by atoms with E-state index in [0.29, 0.717) is 17.4 Å². The molecule has 2 aromatic heterocycles. The summed E-state index contributed by atoms with van der Waals surface area (Å²) in [6, 6.07) is 0. The van der Waals surface area contributed by atoms with Crippen molar-refractivity contribution in [1.82, 2.24) is 25.0 Å². The summed E-state index contributed by atoms with van der Waals surface area (Å²) in [7, 11) is 0. The number of aromatic nitrogens is 5. The number of hydrogen-bond acceptors (Lipinski definition) is 5. The van der Waals surface area contributed by atoms with Crippen LogP contribution in [0.15, 0.2) is 12.4 Å². The number of fused-ring (bicyclic) bond motifs is 1. The van der Waals surface area contributed by atoms with Gasteiger partial charge in [0.15, 0.2) is 11.5 Å². The average Bonchev–Trinajstić information content (AvgIpc) is 2.97. The smallest absolute Gasteiger partial charge is 0.199 e. The van der Waals surface area contributed by atoms with E-state index in [1.54, 1.807) is 16.9 Å². The molecular formula is C9H11ClN6. The highest BCUT2D eigenvalue weighted by Crippen LogP contribution is 2.23. The summed E-state index contributed by atoms with van der Waals surface area (Å²) in [6.07, 6.45) is 4.56. The molecule has 1 saturated heterocycles. The SMILES string of the molecule is ClCC1CCN(c2cncc3nnnn23)C1. The van der Waals surface area contributed by atoms with Gasteiger partial charge >= 0.3 is 0 Å². The maximum absolute atomic E-state index is 5.87. The number of nitrogens with zero attached hydrogens (tertiary/aromatic N) is 6. The quantitative estimate of drug-likeness (QED) is 0.717. The average molecular weight is 239 g/mol. The molecule has 84 valence electrons. The van der Waals surface area contributed by atoms with Crippen molar-refractivity contribution in [2.75, 3.05) is 23.9 Å². The van der Waals surface area contributed by atoms with Crippen LogP contribution >= 0.6 is 11.6 Å². The molecule has 6 nitrogen and oxygen atoms in total. The van der Waals surface area contributed by atoms with Crippen LogP contribution in [0.25, 0.3) is 5.65 Å². The Kier molecular flexibility index (Phi) is 2.36. The third-order valence-corrected chi connectivity index (χ3v) is 3.36. The molecule has 1 aliphatic heterocycles. The number of anilines is 1. The van der Waals surface area contributed by atoms with Crippen LogP contribution in [0.3, 0.4) is 0 Å². The van der Waals surface area contributed by atoms with Crippen molar-refractivity contribution in [3.05, 3.63) is 12.4 Å². The lowest BCUT2D eigenvalue weighted by molar-refractivity contribution is 0.665. The summed E-state index contributed by atoms with van der Waals surface area (Å²) in [5.41, 5.74) is 0.673. The molecule has 0 aliphatic carbocycles. The molecule has 3 rings (SSSR count). The predicted molar refractivity (Wildman–Crippen MR) is 59.6 cm³/mol. The van der Waals surface area contributed by atoms with Gasteiger partial charge in [0, 0.05) is 19.0 Å². The van der Waals surface area contributed by atoms with Crippen LogP contribution in [0.4, 0.5) is 5.82 Å². The van der Waals surface area contributed by atoms with E-state index in [2.05, 4.69) is 25.4 Å². The summed E-state index contributed by atoms with van der Waals surface area (Å²) in [5, 5.41) is 11.5. The highest BCUT2D eigenvalue weighted by Gasteiger charge is 2.24. The lowest BCUT2D eigenvalue weighted by atomic mass is 10.2. The Bertz CT molecular complexity index is 497. The number of hydrogen-bond donors (Lipinski definition) is 0. The molecule has 0 saturated carbocycles. The minimum atomic E-state index is 0.549. The summed E-state index contributed by atoms with van der Waals surface area (Å²) in [4.78, 5) is 6.37. The van der Waals surface area contributed by atoms with Crippen LogP contribution in [0, 0.1) is 5.92 Å². The van der Waals surface area contributed by atoms with Crippen LogP contribution in [-0.2, 0) is 0 Å². The van der Waals surface area contributed by atoms with Crippen molar-refractivity contribution in [2.45, 2.75) is 6.42 Å². The van der Waals surface area contributed by atoms with Gasteiger partial charge in [0.05, 0.1) is 12.4 Å². The summed E-state index contributed by atoms with van der Waals surface area (Å²) in [5.74, 6) is 2.19. The minimum Gasteiger partial charge on any atom is -0.355 e. The second kappa shape index (κ2) is 3.86. The number of rotatable bonds is 2. The fourth-order valence-electron chi connectivity index (χ4n) is 2.05. The van der Waals surface area contributed by atoms with Crippen molar-refractivity contribution in [3.8, 4) is 0 Å². The zero-order valence-electron chi connectivity index (χ0n) is 8.62. The molecule has 1 fully saturated rings. The normalized spacial score (nSPS) is 20.8. The lowest BCUT2D eigenvalue weighted by Gasteiger charge is -2.17. The van der Waals surface area contributed by atoms with Gasteiger partial charge in [-0.15, -0.1) is 16.7 Å². The molecule has 0 N–H and O–H groups in total. The summed E-state index contributed by atoms with van der Waals surface area (Å²) < 4.78 is 1.71. The Morgan fingerprint density at radius 2 is 2.38 bits per heavy atom.